The third-order valence-corrected chi connectivity index (χ3v) is 3.64. The molecule has 0 radical (unpaired) electrons. The number of fused-ring (bicyclic) bond motifs is 1. The molecule has 2 aromatic rings. The van der Waals surface area contributed by atoms with Gasteiger partial charge in [0.1, 0.15) is 6.33 Å². The Labute approximate surface area is 113 Å². The lowest BCUT2D eigenvalue weighted by atomic mass is 10.2. The van der Waals surface area contributed by atoms with E-state index >= 15 is 0 Å². The first kappa shape index (κ1) is 11.5. The zero-order valence-corrected chi connectivity index (χ0v) is 11.3. The second-order valence-electron chi connectivity index (χ2n) is 4.34. The Morgan fingerprint density at radius 1 is 1.28 bits per heavy atom. The topological polar surface area (TPSA) is 38.1 Å². The monoisotopic (exact) mass is 305 g/mol. The van der Waals surface area contributed by atoms with Gasteiger partial charge in [0.25, 0.3) is 0 Å². The lowest BCUT2D eigenvalue weighted by molar-refractivity contribution is 0.189. The van der Waals surface area contributed by atoms with Gasteiger partial charge in [0.05, 0.1) is 0 Å². The maximum absolute atomic E-state index is 12.2. The molecule has 18 heavy (non-hydrogen) atoms. The smallest absolute Gasteiger partial charge is 0.319 e. The number of carbonyl (C=O) groups is 1. The van der Waals surface area contributed by atoms with Crippen LogP contribution in [0.2, 0.25) is 0 Å². The minimum Gasteiger partial charge on any atom is -0.319 e. The highest BCUT2D eigenvalue weighted by Gasteiger charge is 2.23. The average molecular weight is 306 g/mol. The quantitative estimate of drug-likeness (QED) is 0.855. The van der Waals surface area contributed by atoms with Gasteiger partial charge in [0.15, 0.2) is 0 Å². The van der Waals surface area contributed by atoms with Crippen LogP contribution >= 0.6 is 15.9 Å². The number of benzene rings is 1. The minimum absolute atomic E-state index is 0.0108. The largest absolute Gasteiger partial charge is 0.329 e. The molecular formula is C13H12BrN3O. The molecule has 3 rings (SSSR count). The Morgan fingerprint density at radius 3 is 2.83 bits per heavy atom. The predicted molar refractivity (Wildman–Crippen MR) is 71.3 cm³/mol. The van der Waals surface area contributed by atoms with Crippen LogP contribution in [-0.2, 0) is 13.0 Å². The van der Waals surface area contributed by atoms with Crippen molar-refractivity contribution in [1.29, 1.82) is 0 Å². The maximum atomic E-state index is 12.2. The van der Waals surface area contributed by atoms with E-state index < -0.39 is 0 Å². The summed E-state index contributed by atoms with van der Waals surface area (Å²) in [6, 6.07) is 8.05. The van der Waals surface area contributed by atoms with Crippen molar-refractivity contribution in [3.05, 3.63) is 52.5 Å². The van der Waals surface area contributed by atoms with Crippen molar-refractivity contribution < 1.29 is 4.79 Å². The van der Waals surface area contributed by atoms with Crippen LogP contribution in [0, 0.1) is 0 Å². The summed E-state index contributed by atoms with van der Waals surface area (Å²) in [6.45, 7) is 1.39. The first-order valence-electron chi connectivity index (χ1n) is 5.79. The highest BCUT2D eigenvalue weighted by molar-refractivity contribution is 9.10. The highest BCUT2D eigenvalue weighted by Crippen LogP contribution is 2.16. The van der Waals surface area contributed by atoms with Crippen molar-refractivity contribution in [3.8, 4) is 0 Å². The third-order valence-electron chi connectivity index (χ3n) is 3.12. The number of nitrogens with zero attached hydrogens (tertiary/aromatic N) is 3. The van der Waals surface area contributed by atoms with Crippen molar-refractivity contribution in [2.45, 2.75) is 13.0 Å². The number of hydrogen-bond donors (Lipinski definition) is 0. The summed E-state index contributed by atoms with van der Waals surface area (Å²) in [6.07, 6.45) is 4.21. The van der Waals surface area contributed by atoms with Crippen molar-refractivity contribution in [2.24, 2.45) is 0 Å². The molecule has 0 N–H and O–H groups in total. The molecule has 0 bridgehead atoms. The lowest BCUT2D eigenvalue weighted by Gasteiger charge is -2.27. The highest BCUT2D eigenvalue weighted by atomic mass is 79.9. The van der Waals surface area contributed by atoms with Gasteiger partial charge >= 0.3 is 6.03 Å². The van der Waals surface area contributed by atoms with Gasteiger partial charge in [0, 0.05) is 35.9 Å². The molecule has 0 fully saturated rings. The predicted octanol–water partition coefficient (Wildman–Crippen LogP) is 2.67. The van der Waals surface area contributed by atoms with Crippen LogP contribution in [0.1, 0.15) is 11.3 Å². The van der Waals surface area contributed by atoms with Gasteiger partial charge in [-0.3, -0.25) is 4.57 Å². The first-order valence-corrected chi connectivity index (χ1v) is 6.58. The summed E-state index contributed by atoms with van der Waals surface area (Å²) >= 11 is 3.41. The van der Waals surface area contributed by atoms with E-state index in [0.717, 1.165) is 28.7 Å². The molecule has 5 heteroatoms. The molecule has 4 nitrogen and oxygen atoms in total. The molecule has 0 saturated carbocycles. The van der Waals surface area contributed by atoms with E-state index in [4.69, 9.17) is 0 Å². The molecule has 0 unspecified atom stereocenters. The molecule has 0 atom stereocenters. The van der Waals surface area contributed by atoms with Crippen LogP contribution in [0.3, 0.4) is 0 Å². The number of halogens is 1. The Bertz CT molecular complexity index is 576. The summed E-state index contributed by atoms with van der Waals surface area (Å²) in [5, 5.41) is 0. The molecular weight excluding hydrogens is 294 g/mol. The fourth-order valence-electron chi connectivity index (χ4n) is 2.13. The Morgan fingerprint density at radius 2 is 2.06 bits per heavy atom. The fraction of sp³-hybridized carbons (Fsp3) is 0.231. The van der Waals surface area contributed by atoms with E-state index in [1.807, 2.05) is 29.2 Å². The van der Waals surface area contributed by atoms with E-state index in [1.54, 1.807) is 17.1 Å². The van der Waals surface area contributed by atoms with Crippen LogP contribution in [-0.4, -0.2) is 27.0 Å². The van der Waals surface area contributed by atoms with Crippen molar-refractivity contribution >= 4 is 22.0 Å². The van der Waals surface area contributed by atoms with E-state index in [-0.39, 0.29) is 6.03 Å². The zero-order valence-electron chi connectivity index (χ0n) is 9.71. The van der Waals surface area contributed by atoms with Gasteiger partial charge in [-0.1, -0.05) is 28.1 Å². The first-order chi connectivity index (χ1) is 8.74. The van der Waals surface area contributed by atoms with Crippen LogP contribution in [0.25, 0.3) is 0 Å². The number of imidazole rings is 1. The maximum Gasteiger partial charge on any atom is 0.329 e. The number of hydrogen-bond acceptors (Lipinski definition) is 2. The fourth-order valence-corrected chi connectivity index (χ4v) is 2.40. The SMILES string of the molecule is O=C1N(Cc2ccc(Br)cc2)CCc2cncn21. The number of rotatable bonds is 2. The van der Waals surface area contributed by atoms with Crippen molar-refractivity contribution in [2.75, 3.05) is 6.54 Å². The Hall–Kier alpha value is -1.62. The van der Waals surface area contributed by atoms with Crippen LogP contribution < -0.4 is 0 Å². The van der Waals surface area contributed by atoms with E-state index in [2.05, 4.69) is 20.9 Å². The Balaban J connectivity index is 1.79. The van der Waals surface area contributed by atoms with E-state index in [9.17, 15) is 4.79 Å². The minimum atomic E-state index is 0.0108. The zero-order chi connectivity index (χ0) is 12.5. The molecule has 0 aliphatic carbocycles. The van der Waals surface area contributed by atoms with Crippen molar-refractivity contribution in [1.82, 2.24) is 14.5 Å². The van der Waals surface area contributed by atoms with Gasteiger partial charge < -0.3 is 4.90 Å². The molecule has 1 aliphatic heterocycles. The van der Waals surface area contributed by atoms with Crippen molar-refractivity contribution in [3.63, 3.8) is 0 Å². The molecule has 1 aliphatic rings. The summed E-state index contributed by atoms with van der Waals surface area (Å²) < 4.78 is 2.68. The summed E-state index contributed by atoms with van der Waals surface area (Å²) in [5.41, 5.74) is 2.13. The van der Waals surface area contributed by atoms with Gasteiger partial charge in [-0.25, -0.2) is 9.78 Å². The van der Waals surface area contributed by atoms with Crippen LogP contribution in [0.5, 0.6) is 0 Å². The molecule has 92 valence electrons. The van der Waals surface area contributed by atoms with Crippen LogP contribution in [0.15, 0.2) is 41.3 Å². The Kier molecular flexibility index (Phi) is 2.91. The second kappa shape index (κ2) is 4.57. The molecule has 0 saturated heterocycles. The molecule has 1 amide bonds. The van der Waals surface area contributed by atoms with Gasteiger partial charge in [-0.05, 0) is 17.7 Å². The molecule has 1 aromatic carbocycles. The van der Waals surface area contributed by atoms with Crippen LogP contribution in [0.4, 0.5) is 4.79 Å². The summed E-state index contributed by atoms with van der Waals surface area (Å²) in [7, 11) is 0. The summed E-state index contributed by atoms with van der Waals surface area (Å²) in [4.78, 5) is 18.1. The summed E-state index contributed by atoms with van der Waals surface area (Å²) in [5.74, 6) is 0. The second-order valence-corrected chi connectivity index (χ2v) is 5.25. The number of amides is 1. The standard InChI is InChI=1S/C13H12BrN3O/c14-11-3-1-10(2-4-11)8-16-6-5-12-7-15-9-17(12)13(16)18/h1-4,7,9H,5-6,8H2. The van der Waals surface area contributed by atoms with Gasteiger partial charge in [-0.2, -0.15) is 0 Å². The molecule has 1 aromatic heterocycles. The van der Waals surface area contributed by atoms with E-state index in [0.29, 0.717) is 6.54 Å². The lowest BCUT2D eigenvalue weighted by Crippen LogP contribution is -2.40. The van der Waals surface area contributed by atoms with Gasteiger partial charge in [-0.15, -0.1) is 0 Å². The molecule has 0 spiro atoms. The van der Waals surface area contributed by atoms with E-state index in [1.165, 1.54) is 0 Å². The normalized spacial score (nSPS) is 14.7. The van der Waals surface area contributed by atoms with Gasteiger partial charge in [0.2, 0.25) is 0 Å². The number of aromatic nitrogens is 2. The molecule has 2 heterocycles. The average Bonchev–Trinajstić information content (AvgIpc) is 2.84. The number of carbonyl (C=O) groups excluding carboxylic acids is 1. The third kappa shape index (κ3) is 2.06.